The third-order valence-corrected chi connectivity index (χ3v) is 3.90. The maximum atomic E-state index is 6.15. The van der Waals surface area contributed by atoms with Crippen LogP contribution in [0.1, 0.15) is 30.2 Å². The summed E-state index contributed by atoms with van der Waals surface area (Å²) in [6, 6.07) is 4.48. The van der Waals surface area contributed by atoms with Crippen molar-refractivity contribution in [1.82, 2.24) is 5.32 Å². The summed E-state index contributed by atoms with van der Waals surface area (Å²) in [5.41, 5.74) is 6.15. The number of nitrogens with one attached hydrogen (secondary N) is 1. The summed E-state index contributed by atoms with van der Waals surface area (Å²) in [5.74, 6) is 0.779. The van der Waals surface area contributed by atoms with E-state index in [-0.39, 0.29) is 6.04 Å². The number of hydrogen-bond acceptors (Lipinski definition) is 3. The topological polar surface area (TPSA) is 38.0 Å². The van der Waals surface area contributed by atoms with Gasteiger partial charge in [0.25, 0.3) is 0 Å². The lowest BCUT2D eigenvalue weighted by molar-refractivity contribution is 0.338. The van der Waals surface area contributed by atoms with Crippen molar-refractivity contribution in [2.24, 2.45) is 11.7 Å². The molecule has 78 valence electrons. The highest BCUT2D eigenvalue weighted by Gasteiger charge is 2.17. The minimum atomic E-state index is 0.250. The van der Waals surface area contributed by atoms with Crippen LogP contribution in [0.25, 0.3) is 0 Å². The monoisotopic (exact) mass is 210 g/mol. The van der Waals surface area contributed by atoms with Crippen molar-refractivity contribution in [3.63, 3.8) is 0 Å². The molecule has 3 N–H and O–H groups in total. The number of hydrogen-bond donors (Lipinski definition) is 2. The maximum absolute atomic E-state index is 6.15. The first-order valence-corrected chi connectivity index (χ1v) is 6.24. The predicted molar refractivity (Wildman–Crippen MR) is 61.5 cm³/mol. The van der Waals surface area contributed by atoms with Crippen LogP contribution in [0, 0.1) is 5.92 Å². The summed E-state index contributed by atoms with van der Waals surface area (Å²) in [5, 5.41) is 5.54. The molecule has 2 heterocycles. The van der Waals surface area contributed by atoms with Gasteiger partial charge in [-0.3, -0.25) is 0 Å². The van der Waals surface area contributed by atoms with Gasteiger partial charge in [0.1, 0.15) is 0 Å². The van der Waals surface area contributed by atoms with Crippen LogP contribution in [0.2, 0.25) is 0 Å². The second kappa shape index (κ2) is 4.91. The van der Waals surface area contributed by atoms with Crippen molar-refractivity contribution < 1.29 is 0 Å². The molecule has 1 aliphatic rings. The minimum absolute atomic E-state index is 0.250. The summed E-state index contributed by atoms with van der Waals surface area (Å²) in [7, 11) is 0. The summed E-state index contributed by atoms with van der Waals surface area (Å²) >= 11 is 1.77. The molecular formula is C11H18N2S. The Morgan fingerprint density at radius 2 is 2.57 bits per heavy atom. The SMILES string of the molecule is NC(CC1CCCNC1)c1cccs1. The number of piperidine rings is 1. The second-order valence-corrected chi connectivity index (χ2v) is 5.05. The van der Waals surface area contributed by atoms with E-state index in [0.717, 1.165) is 18.9 Å². The Morgan fingerprint density at radius 3 is 3.21 bits per heavy atom. The van der Waals surface area contributed by atoms with Crippen molar-refractivity contribution in [2.75, 3.05) is 13.1 Å². The Hall–Kier alpha value is -0.380. The average Bonchev–Trinajstić information content (AvgIpc) is 2.72. The van der Waals surface area contributed by atoms with Crippen molar-refractivity contribution in [1.29, 1.82) is 0 Å². The van der Waals surface area contributed by atoms with Crippen LogP contribution in [-0.2, 0) is 0 Å². The van der Waals surface area contributed by atoms with Crippen molar-refractivity contribution in [2.45, 2.75) is 25.3 Å². The zero-order chi connectivity index (χ0) is 9.80. The summed E-state index contributed by atoms with van der Waals surface area (Å²) in [6.45, 7) is 2.34. The largest absolute Gasteiger partial charge is 0.323 e. The third kappa shape index (κ3) is 2.56. The molecule has 0 aromatic carbocycles. The van der Waals surface area contributed by atoms with Crippen molar-refractivity contribution >= 4 is 11.3 Å². The summed E-state index contributed by atoms with van der Waals surface area (Å²) in [6.07, 6.45) is 3.78. The Labute approximate surface area is 89.5 Å². The van der Waals surface area contributed by atoms with Crippen LogP contribution < -0.4 is 11.1 Å². The molecule has 1 aliphatic heterocycles. The molecule has 2 unspecified atom stereocenters. The van der Waals surface area contributed by atoms with Gasteiger partial charge in [0.05, 0.1) is 0 Å². The zero-order valence-corrected chi connectivity index (χ0v) is 9.22. The van der Waals surface area contributed by atoms with Gasteiger partial charge in [0, 0.05) is 10.9 Å². The molecule has 0 spiro atoms. The van der Waals surface area contributed by atoms with E-state index in [9.17, 15) is 0 Å². The Bertz CT molecular complexity index is 252. The highest BCUT2D eigenvalue weighted by Crippen LogP contribution is 2.25. The van der Waals surface area contributed by atoms with Gasteiger partial charge in [0.15, 0.2) is 0 Å². The van der Waals surface area contributed by atoms with E-state index in [0.29, 0.717) is 0 Å². The summed E-state index contributed by atoms with van der Waals surface area (Å²) < 4.78 is 0. The van der Waals surface area contributed by atoms with E-state index in [1.54, 1.807) is 11.3 Å². The van der Waals surface area contributed by atoms with Crippen LogP contribution >= 0.6 is 11.3 Å². The molecule has 1 saturated heterocycles. The Morgan fingerprint density at radius 1 is 1.64 bits per heavy atom. The second-order valence-electron chi connectivity index (χ2n) is 4.07. The molecule has 2 nitrogen and oxygen atoms in total. The standard InChI is InChI=1S/C11H18N2S/c12-10(11-4-2-6-14-11)7-9-3-1-5-13-8-9/h2,4,6,9-10,13H,1,3,5,7-8,12H2. The molecule has 3 heteroatoms. The van der Waals surface area contributed by atoms with Gasteiger partial charge in [-0.2, -0.15) is 0 Å². The normalized spacial score (nSPS) is 24.8. The molecule has 0 aliphatic carbocycles. The van der Waals surface area contributed by atoms with E-state index in [1.165, 1.54) is 24.3 Å². The Balaban J connectivity index is 1.84. The van der Waals surface area contributed by atoms with Gasteiger partial charge in [-0.1, -0.05) is 6.07 Å². The van der Waals surface area contributed by atoms with Gasteiger partial charge in [-0.05, 0) is 49.7 Å². The molecule has 14 heavy (non-hydrogen) atoms. The molecule has 1 aromatic heterocycles. The molecule has 1 fully saturated rings. The first kappa shape index (κ1) is 10.1. The smallest absolute Gasteiger partial charge is 0.0392 e. The van der Waals surface area contributed by atoms with E-state index in [2.05, 4.69) is 22.8 Å². The number of rotatable bonds is 3. The predicted octanol–water partition coefficient (Wildman–Crippen LogP) is 2.14. The lowest BCUT2D eigenvalue weighted by Crippen LogP contribution is -2.31. The quantitative estimate of drug-likeness (QED) is 0.802. The summed E-state index contributed by atoms with van der Waals surface area (Å²) in [4.78, 5) is 1.33. The molecule has 0 amide bonds. The van der Waals surface area contributed by atoms with Gasteiger partial charge < -0.3 is 11.1 Å². The maximum Gasteiger partial charge on any atom is 0.0392 e. The highest BCUT2D eigenvalue weighted by atomic mass is 32.1. The van der Waals surface area contributed by atoms with Gasteiger partial charge in [0.2, 0.25) is 0 Å². The fourth-order valence-electron chi connectivity index (χ4n) is 2.10. The molecule has 2 rings (SSSR count). The lowest BCUT2D eigenvalue weighted by Gasteiger charge is -2.24. The molecule has 0 radical (unpaired) electrons. The van der Waals surface area contributed by atoms with Crippen molar-refractivity contribution in [3.05, 3.63) is 22.4 Å². The fourth-order valence-corrected chi connectivity index (χ4v) is 2.85. The van der Waals surface area contributed by atoms with E-state index in [4.69, 9.17) is 5.73 Å². The molecule has 0 saturated carbocycles. The van der Waals surface area contributed by atoms with Crippen LogP contribution in [0.4, 0.5) is 0 Å². The van der Waals surface area contributed by atoms with Crippen LogP contribution in [0.3, 0.4) is 0 Å². The number of thiophene rings is 1. The third-order valence-electron chi connectivity index (χ3n) is 2.89. The molecular weight excluding hydrogens is 192 g/mol. The molecule has 2 atom stereocenters. The van der Waals surface area contributed by atoms with Gasteiger partial charge >= 0.3 is 0 Å². The first-order valence-electron chi connectivity index (χ1n) is 5.36. The minimum Gasteiger partial charge on any atom is -0.323 e. The van der Waals surface area contributed by atoms with E-state index >= 15 is 0 Å². The van der Waals surface area contributed by atoms with Crippen LogP contribution in [-0.4, -0.2) is 13.1 Å². The van der Waals surface area contributed by atoms with Gasteiger partial charge in [-0.25, -0.2) is 0 Å². The first-order chi connectivity index (χ1) is 6.86. The van der Waals surface area contributed by atoms with E-state index < -0.39 is 0 Å². The number of nitrogens with two attached hydrogens (primary N) is 1. The average molecular weight is 210 g/mol. The van der Waals surface area contributed by atoms with Crippen molar-refractivity contribution in [3.8, 4) is 0 Å². The molecule has 0 bridgehead atoms. The van der Waals surface area contributed by atoms with E-state index in [1.807, 2.05) is 0 Å². The fraction of sp³-hybridized carbons (Fsp3) is 0.636. The molecule has 1 aromatic rings. The highest BCUT2D eigenvalue weighted by molar-refractivity contribution is 7.10. The van der Waals surface area contributed by atoms with Crippen LogP contribution in [0.15, 0.2) is 17.5 Å². The Kier molecular flexibility index (Phi) is 3.56. The van der Waals surface area contributed by atoms with Gasteiger partial charge in [-0.15, -0.1) is 11.3 Å². The zero-order valence-electron chi connectivity index (χ0n) is 8.41. The lowest BCUT2D eigenvalue weighted by atomic mass is 9.92. The van der Waals surface area contributed by atoms with Crippen LogP contribution in [0.5, 0.6) is 0 Å².